The van der Waals surface area contributed by atoms with E-state index in [1.807, 2.05) is 0 Å². The van der Waals surface area contributed by atoms with Crippen LogP contribution in [-0.2, 0) is 9.59 Å². The first-order valence-corrected chi connectivity index (χ1v) is 3.93. The first-order chi connectivity index (χ1) is 5.80. The quantitative estimate of drug-likeness (QED) is 0.505. The second kappa shape index (κ2) is 2.55. The van der Waals surface area contributed by atoms with E-state index in [4.69, 9.17) is 0 Å². The number of carbonyl (C=O) groups excluding carboxylic acids is 3. The minimum absolute atomic E-state index is 0.354. The van der Waals surface area contributed by atoms with Gasteiger partial charge in [0.15, 0.2) is 0 Å². The summed E-state index contributed by atoms with van der Waals surface area (Å²) in [6.07, 6.45) is 0. The molecule has 13 heavy (non-hydrogen) atoms. The van der Waals surface area contributed by atoms with Gasteiger partial charge in [0.1, 0.15) is 5.54 Å². The first kappa shape index (κ1) is 9.70. The predicted molar refractivity (Wildman–Crippen MR) is 44.8 cm³/mol. The van der Waals surface area contributed by atoms with E-state index in [1.165, 1.54) is 14.0 Å². The molecule has 0 aromatic carbocycles. The van der Waals surface area contributed by atoms with Crippen molar-refractivity contribution in [1.29, 1.82) is 0 Å². The van der Waals surface area contributed by atoms with E-state index in [0.29, 0.717) is 0 Å². The highest BCUT2D eigenvalue weighted by Crippen LogP contribution is 2.26. The zero-order chi connectivity index (χ0) is 10.4. The molecule has 0 aliphatic carbocycles. The van der Waals surface area contributed by atoms with E-state index in [2.05, 4.69) is 0 Å². The average Bonchev–Trinajstić information content (AvgIpc) is 2.12. The van der Waals surface area contributed by atoms with Crippen molar-refractivity contribution in [3.05, 3.63) is 0 Å². The summed E-state index contributed by atoms with van der Waals surface area (Å²) in [5.74, 6) is -0.764. The van der Waals surface area contributed by atoms with Gasteiger partial charge in [-0.25, -0.2) is 9.69 Å². The Balaban J connectivity index is 3.17. The molecule has 1 fully saturated rings. The number of amides is 4. The van der Waals surface area contributed by atoms with Crippen molar-refractivity contribution in [1.82, 2.24) is 9.80 Å². The van der Waals surface area contributed by atoms with Crippen molar-refractivity contribution < 1.29 is 14.4 Å². The standard InChI is InChI=1S/C8H12N2O3/c1-5(11)10-7(13)9(4)6(12)8(10,2)3/h1-4H3. The molecule has 4 amide bonds. The SMILES string of the molecule is CC(=O)N1C(=O)N(C)C(=O)C1(C)C. The highest BCUT2D eigenvalue weighted by atomic mass is 16.2. The molecule has 1 aliphatic rings. The van der Waals surface area contributed by atoms with Gasteiger partial charge in [0.2, 0.25) is 5.91 Å². The molecule has 0 atom stereocenters. The molecule has 0 aromatic heterocycles. The maximum absolute atomic E-state index is 11.5. The molecule has 5 nitrogen and oxygen atoms in total. The van der Waals surface area contributed by atoms with Crippen LogP contribution in [0.2, 0.25) is 0 Å². The summed E-state index contributed by atoms with van der Waals surface area (Å²) < 4.78 is 0. The fourth-order valence-corrected chi connectivity index (χ4v) is 1.51. The van der Waals surface area contributed by atoms with Crippen LogP contribution in [0.4, 0.5) is 4.79 Å². The predicted octanol–water partition coefficient (Wildman–Crippen LogP) is 0.205. The van der Waals surface area contributed by atoms with Crippen molar-refractivity contribution in [2.24, 2.45) is 0 Å². The summed E-state index contributed by atoms with van der Waals surface area (Å²) in [6, 6.07) is -0.553. The smallest absolute Gasteiger partial charge is 0.275 e. The molecule has 0 aromatic rings. The Kier molecular flexibility index (Phi) is 1.90. The average molecular weight is 184 g/mol. The van der Waals surface area contributed by atoms with E-state index in [9.17, 15) is 14.4 Å². The van der Waals surface area contributed by atoms with E-state index in [1.54, 1.807) is 13.8 Å². The fourth-order valence-electron chi connectivity index (χ4n) is 1.51. The summed E-state index contributed by atoms with van der Waals surface area (Å²) in [6.45, 7) is 4.38. The molecule has 0 spiro atoms. The lowest BCUT2D eigenvalue weighted by molar-refractivity contribution is -0.137. The van der Waals surface area contributed by atoms with Crippen molar-refractivity contribution in [3.63, 3.8) is 0 Å². The summed E-state index contributed by atoms with van der Waals surface area (Å²) in [5, 5.41) is 0. The molecule has 0 saturated carbocycles. The Bertz CT molecular complexity index is 296. The maximum Gasteiger partial charge on any atom is 0.334 e. The Labute approximate surface area is 76.3 Å². The van der Waals surface area contributed by atoms with Crippen LogP contribution in [-0.4, -0.2) is 40.2 Å². The zero-order valence-electron chi connectivity index (χ0n) is 8.12. The molecular weight excluding hydrogens is 172 g/mol. The molecule has 1 rings (SSSR count). The topological polar surface area (TPSA) is 57.7 Å². The molecule has 0 unspecified atom stereocenters. The third kappa shape index (κ3) is 1.11. The monoisotopic (exact) mass is 184 g/mol. The van der Waals surface area contributed by atoms with Gasteiger partial charge in [-0.3, -0.25) is 14.5 Å². The Morgan fingerprint density at radius 2 is 1.77 bits per heavy atom. The van der Waals surface area contributed by atoms with E-state index in [-0.39, 0.29) is 5.91 Å². The molecule has 1 heterocycles. The minimum atomic E-state index is -1.04. The zero-order valence-corrected chi connectivity index (χ0v) is 8.12. The Morgan fingerprint density at radius 3 is 1.92 bits per heavy atom. The van der Waals surface area contributed by atoms with Gasteiger partial charge in [0.05, 0.1) is 0 Å². The first-order valence-electron chi connectivity index (χ1n) is 3.93. The molecule has 0 radical (unpaired) electrons. The lowest BCUT2D eigenvalue weighted by atomic mass is 10.0. The van der Waals surface area contributed by atoms with Crippen LogP contribution in [0.15, 0.2) is 0 Å². The highest BCUT2D eigenvalue weighted by molar-refractivity contribution is 6.13. The van der Waals surface area contributed by atoms with Crippen LogP contribution >= 0.6 is 0 Å². The van der Waals surface area contributed by atoms with E-state index < -0.39 is 17.5 Å². The number of imide groups is 2. The van der Waals surface area contributed by atoms with Crippen molar-refractivity contribution >= 4 is 17.8 Å². The van der Waals surface area contributed by atoms with Gasteiger partial charge >= 0.3 is 6.03 Å². The molecule has 1 aliphatic heterocycles. The lowest BCUT2D eigenvalue weighted by Gasteiger charge is -2.24. The molecule has 0 bridgehead atoms. The molecule has 72 valence electrons. The van der Waals surface area contributed by atoms with Crippen LogP contribution in [0.3, 0.4) is 0 Å². The minimum Gasteiger partial charge on any atom is -0.275 e. The molecular formula is C8H12N2O3. The van der Waals surface area contributed by atoms with Crippen LogP contribution in [0, 0.1) is 0 Å². The van der Waals surface area contributed by atoms with Gasteiger partial charge in [-0.05, 0) is 13.8 Å². The van der Waals surface area contributed by atoms with Gasteiger partial charge < -0.3 is 0 Å². The van der Waals surface area contributed by atoms with Gasteiger partial charge in [0, 0.05) is 14.0 Å². The summed E-state index contributed by atoms with van der Waals surface area (Å²) >= 11 is 0. The third-order valence-corrected chi connectivity index (χ3v) is 2.18. The number of hydrogen-bond donors (Lipinski definition) is 0. The molecule has 0 N–H and O–H groups in total. The largest absolute Gasteiger partial charge is 0.334 e. The van der Waals surface area contributed by atoms with Crippen molar-refractivity contribution in [2.75, 3.05) is 7.05 Å². The van der Waals surface area contributed by atoms with Crippen LogP contribution in [0.25, 0.3) is 0 Å². The number of hydrogen-bond acceptors (Lipinski definition) is 3. The second-order valence-electron chi connectivity index (χ2n) is 3.56. The maximum atomic E-state index is 11.5. The van der Waals surface area contributed by atoms with Crippen LogP contribution in [0.1, 0.15) is 20.8 Å². The number of urea groups is 1. The fraction of sp³-hybridized carbons (Fsp3) is 0.625. The van der Waals surface area contributed by atoms with Gasteiger partial charge in [-0.15, -0.1) is 0 Å². The van der Waals surface area contributed by atoms with Crippen molar-refractivity contribution in [3.8, 4) is 0 Å². The second-order valence-corrected chi connectivity index (χ2v) is 3.56. The van der Waals surface area contributed by atoms with Gasteiger partial charge in [-0.2, -0.15) is 0 Å². The van der Waals surface area contributed by atoms with E-state index >= 15 is 0 Å². The molecule has 5 heteroatoms. The van der Waals surface area contributed by atoms with Crippen LogP contribution in [0.5, 0.6) is 0 Å². The number of rotatable bonds is 0. The summed E-state index contributed by atoms with van der Waals surface area (Å²) in [4.78, 5) is 35.9. The lowest BCUT2D eigenvalue weighted by Crippen LogP contribution is -2.46. The number of carbonyl (C=O) groups is 3. The molecule has 1 saturated heterocycles. The van der Waals surface area contributed by atoms with Crippen molar-refractivity contribution in [2.45, 2.75) is 26.3 Å². The number of likely N-dealkylation sites (N-methyl/N-ethyl adjacent to an activating group) is 1. The van der Waals surface area contributed by atoms with E-state index in [0.717, 1.165) is 9.80 Å². The highest BCUT2D eigenvalue weighted by Gasteiger charge is 2.51. The third-order valence-electron chi connectivity index (χ3n) is 2.18. The Morgan fingerprint density at radius 1 is 1.31 bits per heavy atom. The van der Waals surface area contributed by atoms with Gasteiger partial charge in [-0.1, -0.05) is 0 Å². The summed E-state index contributed by atoms with van der Waals surface area (Å²) in [5.41, 5.74) is -1.04. The number of nitrogens with zero attached hydrogens (tertiary/aromatic N) is 2. The Hall–Kier alpha value is -1.39. The normalized spacial score (nSPS) is 21.2. The van der Waals surface area contributed by atoms with Gasteiger partial charge in [0.25, 0.3) is 5.91 Å². The van der Waals surface area contributed by atoms with Crippen LogP contribution < -0.4 is 0 Å². The summed E-state index contributed by atoms with van der Waals surface area (Å²) in [7, 11) is 1.37.